The maximum atomic E-state index is 12.2. The summed E-state index contributed by atoms with van der Waals surface area (Å²) in [7, 11) is 0. The van der Waals surface area contributed by atoms with Crippen molar-refractivity contribution in [3.8, 4) is 11.3 Å². The van der Waals surface area contributed by atoms with Crippen LogP contribution in [-0.4, -0.2) is 25.5 Å². The highest BCUT2D eigenvalue weighted by molar-refractivity contribution is 5.89. The normalized spacial score (nSPS) is 10.8. The molecule has 0 bridgehead atoms. The van der Waals surface area contributed by atoms with Crippen molar-refractivity contribution in [3.05, 3.63) is 72.6 Å². The van der Waals surface area contributed by atoms with Gasteiger partial charge in [0.1, 0.15) is 0 Å². The number of nitrogen functional groups attached to an aromatic ring is 1. The van der Waals surface area contributed by atoms with Gasteiger partial charge in [-0.2, -0.15) is 4.98 Å². The van der Waals surface area contributed by atoms with Crippen molar-refractivity contribution < 1.29 is 4.79 Å². The minimum absolute atomic E-state index is 0.139. The summed E-state index contributed by atoms with van der Waals surface area (Å²) in [6, 6.07) is 17.0. The van der Waals surface area contributed by atoms with Crippen LogP contribution in [0.15, 0.2) is 67.0 Å². The molecule has 27 heavy (non-hydrogen) atoms. The average Bonchev–Trinajstić information content (AvgIpc) is 3.09. The lowest BCUT2D eigenvalue weighted by molar-refractivity contribution is -0.116. The topological polar surface area (TPSA) is 98.2 Å². The molecule has 1 aromatic carbocycles. The summed E-state index contributed by atoms with van der Waals surface area (Å²) >= 11 is 0. The Balaban J connectivity index is 1.53. The third-order valence-corrected chi connectivity index (χ3v) is 4.16. The quantitative estimate of drug-likeness (QED) is 0.535. The Morgan fingerprint density at radius 1 is 1.11 bits per heavy atom. The molecule has 134 valence electrons. The van der Waals surface area contributed by atoms with E-state index in [1.165, 1.54) is 0 Å². The number of nitrogens with zero attached hydrogens (tertiary/aromatic N) is 4. The van der Waals surface area contributed by atoms with Crippen LogP contribution in [0.5, 0.6) is 0 Å². The number of nitrogens with two attached hydrogens (primary N) is 1. The van der Waals surface area contributed by atoms with Gasteiger partial charge in [-0.25, -0.2) is 4.52 Å². The Morgan fingerprint density at radius 2 is 2.00 bits per heavy atom. The number of rotatable bonds is 5. The first-order valence-electron chi connectivity index (χ1n) is 8.59. The third kappa shape index (κ3) is 3.77. The SMILES string of the molecule is Nc1cccc(-c2cccc3nc(NC(=O)CCc4cccnc4)nn23)c1. The number of benzene rings is 1. The number of carbonyl (C=O) groups excluding carboxylic acids is 1. The van der Waals surface area contributed by atoms with Gasteiger partial charge in [-0.3, -0.25) is 15.1 Å². The monoisotopic (exact) mass is 358 g/mol. The van der Waals surface area contributed by atoms with Gasteiger partial charge in [0.2, 0.25) is 11.9 Å². The van der Waals surface area contributed by atoms with E-state index in [9.17, 15) is 4.79 Å². The van der Waals surface area contributed by atoms with Crippen molar-refractivity contribution in [3.63, 3.8) is 0 Å². The number of pyridine rings is 2. The predicted octanol–water partition coefficient (Wildman–Crippen LogP) is 2.94. The number of aryl methyl sites for hydroxylation is 1. The Bertz CT molecular complexity index is 1090. The zero-order valence-electron chi connectivity index (χ0n) is 14.5. The molecular formula is C20H18N6O. The van der Waals surface area contributed by atoms with Crippen LogP contribution >= 0.6 is 0 Å². The highest BCUT2D eigenvalue weighted by atomic mass is 16.1. The van der Waals surface area contributed by atoms with Crippen LogP contribution in [0, 0.1) is 0 Å². The van der Waals surface area contributed by atoms with E-state index in [1.54, 1.807) is 16.9 Å². The molecule has 0 aliphatic carbocycles. The molecule has 0 fully saturated rings. The lowest BCUT2D eigenvalue weighted by atomic mass is 10.1. The van der Waals surface area contributed by atoms with Gasteiger partial charge in [-0.05, 0) is 42.3 Å². The summed E-state index contributed by atoms with van der Waals surface area (Å²) in [5.41, 5.74) is 10.0. The number of amides is 1. The summed E-state index contributed by atoms with van der Waals surface area (Å²) in [6.45, 7) is 0. The zero-order valence-corrected chi connectivity index (χ0v) is 14.5. The molecule has 4 rings (SSSR count). The maximum Gasteiger partial charge on any atom is 0.249 e. The summed E-state index contributed by atoms with van der Waals surface area (Å²) in [5.74, 6) is 0.141. The largest absolute Gasteiger partial charge is 0.399 e. The van der Waals surface area contributed by atoms with Gasteiger partial charge in [-0.15, -0.1) is 5.10 Å². The van der Waals surface area contributed by atoms with E-state index in [1.807, 2.05) is 54.6 Å². The standard InChI is InChI=1S/C20H18N6O/c21-16-6-1-5-15(12-16)17-7-2-8-18-23-20(25-26(17)18)24-19(27)10-9-14-4-3-11-22-13-14/h1-8,11-13H,9-10,21H2,(H,24,25,27). The summed E-state index contributed by atoms with van der Waals surface area (Å²) in [5, 5.41) is 7.20. The highest BCUT2D eigenvalue weighted by Gasteiger charge is 2.11. The lowest BCUT2D eigenvalue weighted by Crippen LogP contribution is -2.13. The highest BCUT2D eigenvalue weighted by Crippen LogP contribution is 2.22. The zero-order chi connectivity index (χ0) is 18.6. The lowest BCUT2D eigenvalue weighted by Gasteiger charge is -2.04. The van der Waals surface area contributed by atoms with E-state index in [0.29, 0.717) is 24.2 Å². The first-order chi connectivity index (χ1) is 13.2. The molecule has 0 unspecified atom stereocenters. The van der Waals surface area contributed by atoms with Gasteiger partial charge in [0.15, 0.2) is 5.65 Å². The first-order valence-corrected chi connectivity index (χ1v) is 8.59. The molecule has 7 nitrogen and oxygen atoms in total. The van der Waals surface area contributed by atoms with Crippen LogP contribution in [0.25, 0.3) is 16.9 Å². The second-order valence-electron chi connectivity index (χ2n) is 6.15. The summed E-state index contributed by atoms with van der Waals surface area (Å²) < 4.78 is 1.70. The van der Waals surface area contributed by atoms with Crippen LogP contribution in [-0.2, 0) is 11.2 Å². The molecule has 0 aliphatic rings. The van der Waals surface area contributed by atoms with E-state index in [2.05, 4.69) is 20.4 Å². The Kier molecular flexibility index (Phi) is 4.49. The van der Waals surface area contributed by atoms with E-state index in [-0.39, 0.29) is 11.9 Å². The summed E-state index contributed by atoms with van der Waals surface area (Å²) in [6.07, 6.45) is 4.42. The van der Waals surface area contributed by atoms with Crippen LogP contribution in [0.3, 0.4) is 0 Å². The van der Waals surface area contributed by atoms with Crippen LogP contribution < -0.4 is 11.1 Å². The first kappa shape index (κ1) is 16.7. The second-order valence-corrected chi connectivity index (χ2v) is 6.15. The fraction of sp³-hybridized carbons (Fsp3) is 0.100. The molecule has 3 N–H and O–H groups in total. The van der Waals surface area contributed by atoms with Gasteiger partial charge in [0, 0.05) is 30.1 Å². The van der Waals surface area contributed by atoms with Crippen LogP contribution in [0.1, 0.15) is 12.0 Å². The molecular weight excluding hydrogens is 340 g/mol. The van der Waals surface area contributed by atoms with Crippen molar-refractivity contribution in [2.45, 2.75) is 12.8 Å². The fourth-order valence-corrected chi connectivity index (χ4v) is 2.87. The van der Waals surface area contributed by atoms with E-state index in [0.717, 1.165) is 16.8 Å². The van der Waals surface area contributed by atoms with E-state index >= 15 is 0 Å². The van der Waals surface area contributed by atoms with Crippen molar-refractivity contribution in [2.75, 3.05) is 11.1 Å². The van der Waals surface area contributed by atoms with Crippen molar-refractivity contribution in [1.29, 1.82) is 0 Å². The Labute approximate surface area is 155 Å². The molecule has 7 heteroatoms. The number of nitrogens with one attached hydrogen (secondary N) is 1. The van der Waals surface area contributed by atoms with Gasteiger partial charge in [0.25, 0.3) is 0 Å². The molecule has 4 aromatic rings. The third-order valence-electron chi connectivity index (χ3n) is 4.16. The molecule has 0 spiro atoms. The molecule has 0 aliphatic heterocycles. The molecule has 0 saturated heterocycles. The number of hydrogen-bond acceptors (Lipinski definition) is 5. The number of fused-ring (bicyclic) bond motifs is 1. The van der Waals surface area contributed by atoms with E-state index in [4.69, 9.17) is 5.73 Å². The Morgan fingerprint density at radius 3 is 2.81 bits per heavy atom. The maximum absolute atomic E-state index is 12.2. The predicted molar refractivity (Wildman–Crippen MR) is 104 cm³/mol. The molecule has 3 aromatic heterocycles. The fourth-order valence-electron chi connectivity index (χ4n) is 2.87. The molecule has 1 amide bonds. The van der Waals surface area contributed by atoms with Gasteiger partial charge in [0.05, 0.1) is 5.69 Å². The number of anilines is 2. The van der Waals surface area contributed by atoms with Crippen molar-refractivity contribution >= 4 is 23.2 Å². The van der Waals surface area contributed by atoms with E-state index < -0.39 is 0 Å². The Hall–Kier alpha value is -3.74. The average molecular weight is 358 g/mol. The van der Waals surface area contributed by atoms with Gasteiger partial charge >= 0.3 is 0 Å². The molecule has 0 atom stereocenters. The van der Waals surface area contributed by atoms with Crippen LogP contribution in [0.4, 0.5) is 11.6 Å². The van der Waals surface area contributed by atoms with Crippen LogP contribution in [0.2, 0.25) is 0 Å². The second kappa shape index (κ2) is 7.25. The minimum Gasteiger partial charge on any atom is -0.399 e. The molecule has 0 saturated carbocycles. The number of aromatic nitrogens is 4. The smallest absolute Gasteiger partial charge is 0.249 e. The number of hydrogen-bond donors (Lipinski definition) is 2. The van der Waals surface area contributed by atoms with Crippen molar-refractivity contribution in [2.24, 2.45) is 0 Å². The molecule has 3 heterocycles. The minimum atomic E-state index is -0.139. The molecule has 0 radical (unpaired) electrons. The number of carbonyl (C=O) groups is 1. The van der Waals surface area contributed by atoms with Crippen molar-refractivity contribution in [1.82, 2.24) is 19.6 Å². The van der Waals surface area contributed by atoms with Gasteiger partial charge < -0.3 is 5.73 Å². The summed E-state index contributed by atoms with van der Waals surface area (Å²) in [4.78, 5) is 20.7. The van der Waals surface area contributed by atoms with Gasteiger partial charge in [-0.1, -0.05) is 24.3 Å².